The topological polar surface area (TPSA) is 108 Å². The molecule has 8 nitrogen and oxygen atoms in total. The first-order chi connectivity index (χ1) is 21.1. The van der Waals surface area contributed by atoms with Crippen LogP contribution in [-0.2, 0) is 21.0 Å². The van der Waals surface area contributed by atoms with Crippen molar-refractivity contribution in [2.75, 3.05) is 10.2 Å². The van der Waals surface area contributed by atoms with Gasteiger partial charge in [-0.2, -0.15) is 0 Å². The van der Waals surface area contributed by atoms with Gasteiger partial charge in [-0.1, -0.05) is 67.9 Å². The number of allylic oxidation sites excluding steroid dienone is 1. The molecule has 6 rings (SSSR count). The first kappa shape index (κ1) is 29.8. The molecule has 2 amide bonds. The van der Waals surface area contributed by atoms with E-state index in [0.29, 0.717) is 52.0 Å². The van der Waals surface area contributed by atoms with Crippen molar-refractivity contribution >= 4 is 40.6 Å². The molecule has 9 heteroatoms. The van der Waals surface area contributed by atoms with E-state index < -0.39 is 6.04 Å². The van der Waals surface area contributed by atoms with Crippen molar-refractivity contribution in [2.24, 2.45) is 5.41 Å². The zero-order valence-electron chi connectivity index (χ0n) is 24.9. The Kier molecular flexibility index (Phi) is 8.12. The molecule has 1 aliphatic heterocycles. The summed E-state index contributed by atoms with van der Waals surface area (Å²) >= 11 is 6.97. The quantitative estimate of drug-likeness (QED) is 0.241. The molecule has 3 aromatic carbocycles. The highest BCUT2D eigenvalue weighted by atomic mass is 35.5. The van der Waals surface area contributed by atoms with Crippen LogP contribution in [0, 0.1) is 5.41 Å². The lowest BCUT2D eigenvalue weighted by atomic mass is 9.73. The van der Waals surface area contributed by atoms with Crippen molar-refractivity contribution in [3.63, 3.8) is 0 Å². The summed E-state index contributed by atoms with van der Waals surface area (Å²) in [5.74, 6) is -0.153. The summed E-state index contributed by atoms with van der Waals surface area (Å²) in [4.78, 5) is 42.3. The maximum absolute atomic E-state index is 14.2. The van der Waals surface area contributed by atoms with Crippen LogP contribution in [-0.4, -0.2) is 28.7 Å². The van der Waals surface area contributed by atoms with Crippen LogP contribution in [0.25, 0.3) is 0 Å². The van der Waals surface area contributed by atoms with Crippen molar-refractivity contribution in [3.05, 3.63) is 94.1 Å². The molecule has 0 bridgehead atoms. The maximum atomic E-state index is 14.2. The van der Waals surface area contributed by atoms with Crippen LogP contribution in [0.4, 0.5) is 11.4 Å². The summed E-state index contributed by atoms with van der Waals surface area (Å²) in [7, 11) is 0. The molecular formula is C35H36ClN3O5. The summed E-state index contributed by atoms with van der Waals surface area (Å²) in [6, 6.07) is 19.3. The molecule has 0 saturated heterocycles. The van der Waals surface area contributed by atoms with Gasteiger partial charge in [0.1, 0.15) is 23.8 Å². The van der Waals surface area contributed by atoms with E-state index in [1.807, 2.05) is 44.2 Å². The van der Waals surface area contributed by atoms with Gasteiger partial charge in [0.05, 0.1) is 11.7 Å². The molecule has 1 heterocycles. The Bertz CT molecular complexity index is 1650. The fourth-order valence-electron chi connectivity index (χ4n) is 6.04. The Labute approximate surface area is 262 Å². The number of aromatic hydroxyl groups is 1. The van der Waals surface area contributed by atoms with Crippen molar-refractivity contribution in [2.45, 2.75) is 71.1 Å². The van der Waals surface area contributed by atoms with Gasteiger partial charge in [-0.05, 0) is 60.1 Å². The van der Waals surface area contributed by atoms with E-state index in [-0.39, 0.29) is 54.1 Å². The molecule has 0 radical (unpaired) electrons. The van der Waals surface area contributed by atoms with Crippen molar-refractivity contribution < 1.29 is 24.2 Å². The molecule has 2 aliphatic carbocycles. The Morgan fingerprint density at radius 2 is 1.82 bits per heavy atom. The molecule has 44 heavy (non-hydrogen) atoms. The van der Waals surface area contributed by atoms with Crippen molar-refractivity contribution in [1.82, 2.24) is 5.32 Å². The summed E-state index contributed by atoms with van der Waals surface area (Å²) in [5, 5.41) is 17.6. The zero-order valence-corrected chi connectivity index (χ0v) is 25.6. The van der Waals surface area contributed by atoms with Gasteiger partial charge < -0.3 is 20.5 Å². The summed E-state index contributed by atoms with van der Waals surface area (Å²) in [5.41, 5.74) is 3.03. The number of benzene rings is 3. The fourth-order valence-corrected chi connectivity index (χ4v) is 6.32. The minimum atomic E-state index is -0.890. The number of phenolic OH excluding ortho intramolecular Hbond substituents is 1. The van der Waals surface area contributed by atoms with Crippen LogP contribution in [0.3, 0.4) is 0 Å². The second-order valence-corrected chi connectivity index (χ2v) is 13.0. The largest absolute Gasteiger partial charge is 0.506 e. The van der Waals surface area contributed by atoms with Crippen LogP contribution >= 0.6 is 11.6 Å². The first-order valence-electron chi connectivity index (χ1n) is 15.0. The number of carbonyl (C=O) groups excluding carboxylic acids is 3. The smallest absolute Gasteiger partial charge is 0.228 e. The number of phenols is 1. The molecule has 0 spiro atoms. The van der Waals surface area contributed by atoms with Crippen LogP contribution in [0.15, 0.2) is 78.0 Å². The van der Waals surface area contributed by atoms with E-state index in [4.69, 9.17) is 16.3 Å². The van der Waals surface area contributed by atoms with Crippen molar-refractivity contribution in [3.8, 4) is 11.5 Å². The van der Waals surface area contributed by atoms with Crippen LogP contribution in [0.2, 0.25) is 5.02 Å². The van der Waals surface area contributed by atoms with Gasteiger partial charge in [0.25, 0.3) is 0 Å². The lowest BCUT2D eigenvalue weighted by Gasteiger charge is -2.37. The average molecular weight is 614 g/mol. The third kappa shape index (κ3) is 6.31. The number of ether oxygens (including phenoxy) is 1. The molecule has 3 N–H and O–H groups in total. The van der Waals surface area contributed by atoms with Gasteiger partial charge in [-0.3, -0.25) is 19.3 Å². The van der Waals surface area contributed by atoms with Gasteiger partial charge >= 0.3 is 0 Å². The number of rotatable bonds is 8. The number of para-hydroxylation sites is 1. The number of hydrogen-bond donors (Lipinski definition) is 3. The highest BCUT2D eigenvalue weighted by molar-refractivity contribution is 6.31. The van der Waals surface area contributed by atoms with E-state index >= 15 is 0 Å². The van der Waals surface area contributed by atoms with E-state index in [2.05, 4.69) is 10.6 Å². The summed E-state index contributed by atoms with van der Waals surface area (Å²) in [6.45, 7) is 4.40. The van der Waals surface area contributed by atoms with Gasteiger partial charge in [0.2, 0.25) is 11.8 Å². The minimum absolute atomic E-state index is 0.00695. The minimum Gasteiger partial charge on any atom is -0.506 e. The SMILES string of the molecule is CC1(C)CC(=O)C2=C(C1)Nc1c(O)cccc1N(C(=O)CCC(=O)NC1CC1)C2c1ccc(OCc2ccccc2)cc1Cl. The third-order valence-electron chi connectivity index (χ3n) is 8.30. The highest BCUT2D eigenvalue weighted by Crippen LogP contribution is 2.51. The van der Waals surface area contributed by atoms with Crippen LogP contribution in [0.1, 0.15) is 69.5 Å². The van der Waals surface area contributed by atoms with Crippen molar-refractivity contribution in [1.29, 1.82) is 0 Å². The zero-order chi connectivity index (χ0) is 31.0. The Morgan fingerprint density at radius 3 is 2.55 bits per heavy atom. The molecule has 3 aliphatic rings. The number of Topliss-reactive ketones (excluding diaryl/α,β-unsaturated/α-hetero) is 1. The van der Waals surface area contributed by atoms with E-state index in [1.165, 1.54) is 4.90 Å². The Hall–Kier alpha value is -4.30. The molecule has 228 valence electrons. The number of halogens is 1. The Morgan fingerprint density at radius 1 is 1.05 bits per heavy atom. The monoisotopic (exact) mass is 613 g/mol. The van der Waals surface area contributed by atoms with Gasteiger partial charge in [-0.25, -0.2) is 0 Å². The van der Waals surface area contributed by atoms with E-state index in [9.17, 15) is 19.5 Å². The number of ketones is 1. The number of anilines is 2. The van der Waals surface area contributed by atoms with Gasteiger partial charge in [0, 0.05) is 41.6 Å². The van der Waals surface area contributed by atoms with E-state index in [0.717, 1.165) is 18.4 Å². The Balaban J connectivity index is 1.43. The number of nitrogens with one attached hydrogen (secondary N) is 2. The molecule has 0 aromatic heterocycles. The predicted molar refractivity (Wildman–Crippen MR) is 170 cm³/mol. The summed E-state index contributed by atoms with van der Waals surface area (Å²) < 4.78 is 6.01. The second kappa shape index (κ2) is 12.0. The molecule has 1 unspecified atom stereocenters. The lowest BCUT2D eigenvalue weighted by molar-refractivity contribution is -0.125. The predicted octanol–water partition coefficient (Wildman–Crippen LogP) is 6.83. The number of nitrogens with zero attached hydrogens (tertiary/aromatic N) is 1. The normalized spacial score (nSPS) is 18.9. The average Bonchev–Trinajstić information content (AvgIpc) is 3.81. The second-order valence-electron chi connectivity index (χ2n) is 12.6. The molecule has 1 fully saturated rings. The third-order valence-corrected chi connectivity index (χ3v) is 8.63. The standard InChI is InChI=1S/C35H36ClN3O5/c1-35(2)18-26-32(29(41)19-35)34(24-14-13-23(17-25(24)36)44-20-21-7-4-3-5-8-21)39(27-9-6-10-28(40)33(27)38-26)31(43)16-15-30(42)37-22-11-12-22/h3-10,13-14,17,22,34,38,40H,11-12,15-16,18-20H2,1-2H3,(H,37,42). The van der Waals surface area contributed by atoms with Gasteiger partial charge in [-0.15, -0.1) is 0 Å². The van der Waals surface area contributed by atoms with Crippen LogP contribution in [0.5, 0.6) is 11.5 Å². The maximum Gasteiger partial charge on any atom is 0.228 e. The number of hydrogen-bond acceptors (Lipinski definition) is 6. The molecule has 1 saturated carbocycles. The van der Waals surface area contributed by atoms with E-state index in [1.54, 1.807) is 36.4 Å². The summed E-state index contributed by atoms with van der Waals surface area (Å²) in [6.07, 6.45) is 2.64. The number of carbonyl (C=O) groups is 3. The number of amides is 2. The lowest BCUT2D eigenvalue weighted by Crippen LogP contribution is -2.40. The molecule has 3 aromatic rings. The van der Waals surface area contributed by atoms with Gasteiger partial charge in [0.15, 0.2) is 5.78 Å². The molecule has 1 atom stereocenters. The first-order valence-corrected chi connectivity index (χ1v) is 15.4. The fraction of sp³-hybridized carbons (Fsp3) is 0.343. The highest BCUT2D eigenvalue weighted by Gasteiger charge is 2.44. The number of fused-ring (bicyclic) bond motifs is 1. The van der Waals surface area contributed by atoms with Crippen LogP contribution < -0.4 is 20.3 Å². The molecular weight excluding hydrogens is 578 g/mol.